The van der Waals surface area contributed by atoms with Gasteiger partial charge in [-0.2, -0.15) is 0 Å². The predicted molar refractivity (Wildman–Crippen MR) is 92.2 cm³/mol. The number of hydrogen-bond donors (Lipinski definition) is 3. The molecule has 0 unspecified atom stereocenters. The van der Waals surface area contributed by atoms with E-state index in [9.17, 15) is 9.90 Å². The average molecular weight is 314 g/mol. The second kappa shape index (κ2) is 7.64. The summed E-state index contributed by atoms with van der Waals surface area (Å²) in [4.78, 5) is 15.4. The van der Waals surface area contributed by atoms with E-state index >= 15 is 0 Å². The number of aliphatic hydroxyl groups excluding tert-OH is 1. The van der Waals surface area contributed by atoms with E-state index in [2.05, 4.69) is 22.4 Å². The van der Waals surface area contributed by atoms with Crippen molar-refractivity contribution in [3.63, 3.8) is 0 Å². The lowest BCUT2D eigenvalue weighted by Gasteiger charge is -2.29. The Labute approximate surface area is 137 Å². The van der Waals surface area contributed by atoms with Crippen molar-refractivity contribution in [3.8, 4) is 0 Å². The number of hydrogen-bond acceptors (Lipinski definition) is 2. The number of aromatic nitrogens is 1. The number of fused-ring (bicyclic) bond motifs is 1. The third kappa shape index (κ3) is 3.94. The molecule has 1 fully saturated rings. The van der Waals surface area contributed by atoms with Crippen LogP contribution in [0.3, 0.4) is 0 Å². The van der Waals surface area contributed by atoms with Crippen LogP contribution in [0.2, 0.25) is 0 Å². The number of amides is 1. The SMILES string of the molecule is O=C(C[C@@H]1CCCC[C@@H]1CO)NCCc1c[nH]c2ccccc12. The largest absolute Gasteiger partial charge is 0.396 e. The summed E-state index contributed by atoms with van der Waals surface area (Å²) in [6, 6.07) is 8.23. The van der Waals surface area contributed by atoms with Gasteiger partial charge in [-0.3, -0.25) is 4.79 Å². The minimum Gasteiger partial charge on any atom is -0.396 e. The number of H-pyrrole nitrogens is 1. The number of benzene rings is 1. The molecule has 1 amide bonds. The van der Waals surface area contributed by atoms with Gasteiger partial charge in [-0.15, -0.1) is 0 Å². The lowest BCUT2D eigenvalue weighted by Crippen LogP contribution is -2.32. The lowest BCUT2D eigenvalue weighted by molar-refractivity contribution is -0.122. The monoisotopic (exact) mass is 314 g/mol. The number of aliphatic hydroxyl groups is 1. The summed E-state index contributed by atoms with van der Waals surface area (Å²) >= 11 is 0. The molecule has 4 heteroatoms. The van der Waals surface area contributed by atoms with E-state index in [0.717, 1.165) is 24.8 Å². The third-order valence-corrected chi connectivity index (χ3v) is 5.14. The number of aromatic amines is 1. The molecule has 1 aliphatic rings. The van der Waals surface area contributed by atoms with E-state index in [1.165, 1.54) is 23.8 Å². The minimum atomic E-state index is 0.121. The van der Waals surface area contributed by atoms with Crippen LogP contribution < -0.4 is 5.32 Å². The van der Waals surface area contributed by atoms with E-state index in [0.29, 0.717) is 24.8 Å². The predicted octanol–water partition coefficient (Wildman–Crippen LogP) is 3.02. The smallest absolute Gasteiger partial charge is 0.220 e. The Morgan fingerprint density at radius 3 is 2.83 bits per heavy atom. The maximum atomic E-state index is 12.2. The van der Waals surface area contributed by atoms with E-state index in [-0.39, 0.29) is 12.5 Å². The van der Waals surface area contributed by atoms with Crippen molar-refractivity contribution in [1.29, 1.82) is 0 Å². The summed E-state index contributed by atoms with van der Waals surface area (Å²) in [5, 5.41) is 13.7. The molecule has 2 atom stereocenters. The minimum absolute atomic E-state index is 0.121. The van der Waals surface area contributed by atoms with Crippen molar-refractivity contribution >= 4 is 16.8 Å². The van der Waals surface area contributed by atoms with Crippen molar-refractivity contribution in [2.24, 2.45) is 11.8 Å². The Balaban J connectivity index is 1.47. The fraction of sp³-hybridized carbons (Fsp3) is 0.526. The highest BCUT2D eigenvalue weighted by Crippen LogP contribution is 2.31. The van der Waals surface area contributed by atoms with Crippen molar-refractivity contribution in [3.05, 3.63) is 36.0 Å². The standard InChI is InChI=1S/C19H26N2O2/c22-13-16-6-2-1-5-14(16)11-19(23)20-10-9-15-12-21-18-8-4-3-7-17(15)18/h3-4,7-8,12,14,16,21-22H,1-2,5-6,9-11,13H2,(H,20,23)/t14-,16+/m0/s1. The molecule has 0 bridgehead atoms. The summed E-state index contributed by atoms with van der Waals surface area (Å²) in [5.41, 5.74) is 2.38. The summed E-state index contributed by atoms with van der Waals surface area (Å²) in [7, 11) is 0. The van der Waals surface area contributed by atoms with E-state index in [1.807, 2.05) is 18.3 Å². The van der Waals surface area contributed by atoms with Gasteiger partial charge in [0.2, 0.25) is 5.91 Å². The molecular weight excluding hydrogens is 288 g/mol. The van der Waals surface area contributed by atoms with Gasteiger partial charge >= 0.3 is 0 Å². The Morgan fingerprint density at radius 2 is 2.00 bits per heavy atom. The van der Waals surface area contributed by atoms with Gasteiger partial charge in [0.05, 0.1) is 0 Å². The molecule has 1 aliphatic carbocycles. The van der Waals surface area contributed by atoms with Crippen molar-refractivity contribution in [1.82, 2.24) is 10.3 Å². The van der Waals surface area contributed by atoms with Gasteiger partial charge in [0.15, 0.2) is 0 Å². The first-order valence-corrected chi connectivity index (χ1v) is 8.70. The molecule has 2 aromatic rings. The molecule has 0 radical (unpaired) electrons. The lowest BCUT2D eigenvalue weighted by atomic mass is 9.78. The Hall–Kier alpha value is -1.81. The highest BCUT2D eigenvalue weighted by Gasteiger charge is 2.26. The van der Waals surface area contributed by atoms with Crippen LogP contribution in [-0.2, 0) is 11.2 Å². The molecule has 0 aliphatic heterocycles. The highest BCUT2D eigenvalue weighted by atomic mass is 16.3. The second-order valence-corrected chi connectivity index (χ2v) is 6.65. The van der Waals surface area contributed by atoms with Gasteiger partial charge < -0.3 is 15.4 Å². The van der Waals surface area contributed by atoms with E-state index < -0.39 is 0 Å². The van der Waals surface area contributed by atoms with Crippen LogP contribution in [0.15, 0.2) is 30.5 Å². The maximum absolute atomic E-state index is 12.2. The van der Waals surface area contributed by atoms with E-state index in [4.69, 9.17) is 0 Å². The summed E-state index contributed by atoms with van der Waals surface area (Å²) < 4.78 is 0. The molecule has 0 spiro atoms. The molecule has 1 aromatic carbocycles. The molecule has 3 rings (SSSR count). The Bertz CT molecular complexity index is 650. The van der Waals surface area contributed by atoms with E-state index in [1.54, 1.807) is 0 Å². The van der Waals surface area contributed by atoms with Crippen molar-refractivity contribution < 1.29 is 9.90 Å². The summed E-state index contributed by atoms with van der Waals surface area (Å²) in [6.45, 7) is 0.879. The van der Waals surface area contributed by atoms with Crippen molar-refractivity contribution in [2.45, 2.75) is 38.5 Å². The second-order valence-electron chi connectivity index (χ2n) is 6.65. The van der Waals surface area contributed by atoms with Gasteiger partial charge in [0.25, 0.3) is 0 Å². The van der Waals surface area contributed by atoms with Crippen LogP contribution >= 0.6 is 0 Å². The number of rotatable bonds is 6. The van der Waals surface area contributed by atoms with Crippen LogP contribution in [-0.4, -0.2) is 29.1 Å². The highest BCUT2D eigenvalue weighted by molar-refractivity contribution is 5.83. The maximum Gasteiger partial charge on any atom is 0.220 e. The zero-order chi connectivity index (χ0) is 16.1. The number of carbonyl (C=O) groups is 1. The first-order valence-electron chi connectivity index (χ1n) is 8.70. The molecule has 124 valence electrons. The van der Waals surface area contributed by atoms with Gasteiger partial charge in [-0.25, -0.2) is 0 Å². The Morgan fingerprint density at radius 1 is 1.22 bits per heavy atom. The zero-order valence-electron chi connectivity index (χ0n) is 13.6. The third-order valence-electron chi connectivity index (χ3n) is 5.14. The van der Waals surface area contributed by atoms with Crippen molar-refractivity contribution in [2.75, 3.05) is 13.2 Å². The number of nitrogens with one attached hydrogen (secondary N) is 2. The topological polar surface area (TPSA) is 65.1 Å². The fourth-order valence-electron chi connectivity index (χ4n) is 3.78. The van der Waals surface area contributed by atoms with Gasteiger partial charge in [0, 0.05) is 36.7 Å². The quantitative estimate of drug-likeness (QED) is 0.767. The summed E-state index contributed by atoms with van der Waals surface area (Å²) in [6.07, 6.45) is 7.92. The molecule has 1 saturated carbocycles. The normalized spacial score (nSPS) is 21.4. The Kier molecular flexibility index (Phi) is 5.34. The molecular formula is C19H26N2O2. The fourth-order valence-corrected chi connectivity index (χ4v) is 3.78. The van der Waals surface area contributed by atoms with Crippen LogP contribution in [0.1, 0.15) is 37.7 Å². The molecule has 4 nitrogen and oxygen atoms in total. The average Bonchev–Trinajstić information content (AvgIpc) is 2.99. The first kappa shape index (κ1) is 16.1. The summed E-state index contributed by atoms with van der Waals surface area (Å²) in [5.74, 6) is 0.778. The molecule has 1 heterocycles. The molecule has 3 N–H and O–H groups in total. The van der Waals surface area contributed by atoms with Crippen LogP contribution in [0.25, 0.3) is 10.9 Å². The molecule has 0 saturated heterocycles. The van der Waals surface area contributed by atoms with Crippen LogP contribution in [0.4, 0.5) is 0 Å². The van der Waals surface area contributed by atoms with Gasteiger partial charge in [-0.1, -0.05) is 31.0 Å². The first-order chi connectivity index (χ1) is 11.3. The number of para-hydroxylation sites is 1. The van der Waals surface area contributed by atoms with Crippen LogP contribution in [0, 0.1) is 11.8 Å². The van der Waals surface area contributed by atoms with Gasteiger partial charge in [-0.05, 0) is 42.7 Å². The van der Waals surface area contributed by atoms with Crippen LogP contribution in [0.5, 0.6) is 0 Å². The van der Waals surface area contributed by atoms with Gasteiger partial charge in [0.1, 0.15) is 0 Å². The molecule has 23 heavy (non-hydrogen) atoms. The number of carbonyl (C=O) groups excluding carboxylic acids is 1. The zero-order valence-corrected chi connectivity index (χ0v) is 13.6. The molecule has 1 aromatic heterocycles.